The molecule has 2 aliphatic heterocycles. The van der Waals surface area contributed by atoms with Gasteiger partial charge in [0, 0.05) is 24.5 Å². The first-order valence-corrected chi connectivity index (χ1v) is 9.55. The van der Waals surface area contributed by atoms with Crippen molar-refractivity contribution >= 4 is 28.6 Å². The second-order valence-corrected chi connectivity index (χ2v) is 7.38. The molecule has 4 atom stereocenters. The predicted molar refractivity (Wildman–Crippen MR) is 101 cm³/mol. The van der Waals surface area contributed by atoms with E-state index >= 15 is 0 Å². The smallest absolute Gasteiger partial charge is 0.310 e. The Labute approximate surface area is 152 Å². The zero-order chi connectivity index (χ0) is 16.4. The molecule has 2 saturated heterocycles. The van der Waals surface area contributed by atoms with Crippen LogP contribution in [0.4, 0.5) is 0 Å². The second-order valence-electron chi connectivity index (χ2n) is 6.66. The fraction of sp³-hybridized carbons (Fsp3) is 0.526. The van der Waals surface area contributed by atoms with Gasteiger partial charge in [-0.2, -0.15) is 0 Å². The van der Waals surface area contributed by atoms with Crippen LogP contribution in [0.15, 0.2) is 34.4 Å². The molecule has 2 fully saturated rings. The molecule has 23 heavy (non-hydrogen) atoms. The summed E-state index contributed by atoms with van der Waals surface area (Å²) in [7, 11) is 1.52. The van der Waals surface area contributed by atoms with E-state index in [0.29, 0.717) is 12.1 Å². The Hall–Kier alpha value is -0.880. The molecule has 0 radical (unpaired) electrons. The van der Waals surface area contributed by atoms with Crippen LogP contribution < -0.4 is 0 Å². The number of esters is 1. The van der Waals surface area contributed by atoms with E-state index < -0.39 is 0 Å². The summed E-state index contributed by atoms with van der Waals surface area (Å²) < 4.78 is 7.25. The van der Waals surface area contributed by atoms with Crippen LogP contribution in [0.5, 0.6) is 0 Å². The van der Waals surface area contributed by atoms with Crippen molar-refractivity contribution in [3.8, 4) is 0 Å². The number of nitrogens with zero attached hydrogens (tertiary/aromatic N) is 1. The predicted octanol–water partition coefficient (Wildman–Crippen LogP) is 4.05. The molecule has 0 aromatic heterocycles. The van der Waals surface area contributed by atoms with Crippen molar-refractivity contribution in [2.45, 2.75) is 44.2 Å². The Balaban J connectivity index is 1.91. The molecule has 2 bridgehead atoms. The third-order valence-electron chi connectivity index (χ3n) is 5.45. The lowest BCUT2D eigenvalue weighted by Crippen LogP contribution is -2.50. The van der Waals surface area contributed by atoms with Crippen molar-refractivity contribution in [1.82, 2.24) is 4.90 Å². The molecule has 1 aromatic carbocycles. The van der Waals surface area contributed by atoms with E-state index in [1.54, 1.807) is 0 Å². The minimum absolute atomic E-state index is 0.0515. The fourth-order valence-corrected chi connectivity index (χ4v) is 4.60. The van der Waals surface area contributed by atoms with Gasteiger partial charge in [-0.25, -0.2) is 0 Å². The number of piperidine rings is 1. The zero-order valence-corrected chi connectivity index (χ0v) is 15.9. The maximum atomic E-state index is 12.6. The van der Waals surface area contributed by atoms with E-state index in [1.807, 2.05) is 0 Å². The number of methoxy groups -OCH3 is 1. The second kappa shape index (κ2) is 7.34. The molecule has 0 aliphatic carbocycles. The fourth-order valence-electron chi connectivity index (χ4n) is 4.37. The molecule has 0 saturated carbocycles. The molecule has 2 aliphatic rings. The number of hydrogen-bond donors (Lipinski definition) is 0. The first kappa shape index (κ1) is 17.0. The van der Waals surface area contributed by atoms with E-state index in [2.05, 4.69) is 68.8 Å². The maximum Gasteiger partial charge on any atom is 0.310 e. The van der Waals surface area contributed by atoms with Crippen molar-refractivity contribution in [3.05, 3.63) is 45.6 Å². The van der Waals surface area contributed by atoms with Crippen LogP contribution in [0.25, 0.3) is 0 Å². The summed E-state index contributed by atoms with van der Waals surface area (Å²) in [5.41, 5.74) is 2.54. The van der Waals surface area contributed by atoms with Crippen molar-refractivity contribution in [2.24, 2.45) is 5.92 Å². The Morgan fingerprint density at radius 1 is 1.35 bits per heavy atom. The highest BCUT2D eigenvalue weighted by Gasteiger charge is 2.50. The topological polar surface area (TPSA) is 29.5 Å². The van der Waals surface area contributed by atoms with Gasteiger partial charge < -0.3 is 4.74 Å². The molecular formula is C19H24INO2. The van der Waals surface area contributed by atoms with Crippen LogP contribution in [0.1, 0.15) is 36.3 Å². The molecular weight excluding hydrogens is 401 g/mol. The number of benzene rings is 1. The summed E-state index contributed by atoms with van der Waals surface area (Å²) in [5, 5.41) is 0. The van der Waals surface area contributed by atoms with Crippen molar-refractivity contribution in [2.75, 3.05) is 13.7 Å². The van der Waals surface area contributed by atoms with Gasteiger partial charge in [-0.3, -0.25) is 9.69 Å². The minimum Gasteiger partial charge on any atom is -0.469 e. The number of ether oxygens (including phenoxy) is 1. The highest BCUT2D eigenvalue weighted by molar-refractivity contribution is 14.1. The average Bonchev–Trinajstić information content (AvgIpc) is 2.84. The van der Waals surface area contributed by atoms with Gasteiger partial charge in [0.2, 0.25) is 0 Å². The number of carbonyl (C=O) groups excluding carboxylic acids is 1. The number of hydrogen-bond acceptors (Lipinski definition) is 3. The number of carbonyl (C=O) groups is 1. The molecule has 4 heteroatoms. The molecule has 2 heterocycles. The standard InChI is InChI=1S/C19H24INO2/c1-13-4-6-14(7-5-13)16-12-15-8-9-17(18(16)19(22)23-2)21(15)11-3-10-20/h3-7,10,15-18H,8-9,11-12H2,1-2H3/b10-3+. The first-order valence-electron chi connectivity index (χ1n) is 8.31. The lowest BCUT2D eigenvalue weighted by Gasteiger charge is -2.43. The third-order valence-corrected chi connectivity index (χ3v) is 5.96. The van der Waals surface area contributed by atoms with Crippen LogP contribution in [0.3, 0.4) is 0 Å². The Bertz CT molecular complexity index is 584. The Kier molecular flexibility index (Phi) is 5.42. The quantitative estimate of drug-likeness (QED) is 0.539. The summed E-state index contributed by atoms with van der Waals surface area (Å²) >= 11 is 2.26. The van der Waals surface area contributed by atoms with Crippen LogP contribution >= 0.6 is 22.6 Å². The van der Waals surface area contributed by atoms with Crippen molar-refractivity contribution in [3.63, 3.8) is 0 Å². The molecule has 124 valence electrons. The number of rotatable bonds is 4. The number of halogens is 1. The number of fused-ring (bicyclic) bond motifs is 2. The molecule has 4 unspecified atom stereocenters. The van der Waals surface area contributed by atoms with E-state index in [1.165, 1.54) is 24.7 Å². The van der Waals surface area contributed by atoms with Gasteiger partial charge >= 0.3 is 5.97 Å². The molecule has 3 rings (SSSR count). The summed E-state index contributed by atoms with van der Waals surface area (Å²) in [4.78, 5) is 15.1. The van der Waals surface area contributed by atoms with Crippen LogP contribution in [0, 0.1) is 12.8 Å². The van der Waals surface area contributed by atoms with Gasteiger partial charge in [0.15, 0.2) is 0 Å². The van der Waals surface area contributed by atoms with Gasteiger partial charge in [-0.1, -0.05) is 58.5 Å². The highest BCUT2D eigenvalue weighted by Crippen LogP contribution is 2.47. The van der Waals surface area contributed by atoms with Crippen LogP contribution in [-0.4, -0.2) is 36.6 Å². The summed E-state index contributed by atoms with van der Waals surface area (Å²) in [6.07, 6.45) is 5.53. The lowest BCUT2D eigenvalue weighted by atomic mass is 9.76. The SMILES string of the molecule is COC(=O)C1C(c2ccc(C)cc2)CC2CCC1N2C/C=C/I. The van der Waals surface area contributed by atoms with Crippen LogP contribution in [-0.2, 0) is 9.53 Å². The van der Waals surface area contributed by atoms with Gasteiger partial charge in [-0.15, -0.1) is 0 Å². The Morgan fingerprint density at radius 3 is 2.74 bits per heavy atom. The van der Waals surface area contributed by atoms with E-state index in [0.717, 1.165) is 19.4 Å². The minimum atomic E-state index is -0.0518. The van der Waals surface area contributed by atoms with Gasteiger partial charge in [0.05, 0.1) is 13.0 Å². The van der Waals surface area contributed by atoms with E-state index in [4.69, 9.17) is 4.74 Å². The lowest BCUT2D eigenvalue weighted by molar-refractivity contribution is -0.150. The van der Waals surface area contributed by atoms with Crippen molar-refractivity contribution < 1.29 is 9.53 Å². The molecule has 0 spiro atoms. The monoisotopic (exact) mass is 425 g/mol. The average molecular weight is 425 g/mol. The maximum absolute atomic E-state index is 12.6. The zero-order valence-electron chi connectivity index (χ0n) is 13.7. The normalized spacial score (nSPS) is 30.7. The summed E-state index contributed by atoms with van der Waals surface area (Å²) in [6.45, 7) is 3.04. The van der Waals surface area contributed by atoms with Gasteiger partial charge in [0.25, 0.3) is 0 Å². The third kappa shape index (κ3) is 3.33. The molecule has 1 aromatic rings. The van der Waals surface area contributed by atoms with E-state index in [9.17, 15) is 4.79 Å². The highest BCUT2D eigenvalue weighted by atomic mass is 127. The van der Waals surface area contributed by atoms with Crippen LogP contribution in [0.2, 0.25) is 0 Å². The summed E-state index contributed by atoms with van der Waals surface area (Å²) in [5.74, 6) is 0.175. The molecule has 0 amide bonds. The summed E-state index contributed by atoms with van der Waals surface area (Å²) in [6, 6.07) is 9.57. The van der Waals surface area contributed by atoms with Crippen molar-refractivity contribution in [1.29, 1.82) is 0 Å². The molecule has 0 N–H and O–H groups in total. The van der Waals surface area contributed by atoms with Gasteiger partial charge in [-0.05, 0) is 35.8 Å². The Morgan fingerprint density at radius 2 is 2.09 bits per heavy atom. The van der Waals surface area contributed by atoms with E-state index in [-0.39, 0.29) is 17.8 Å². The largest absolute Gasteiger partial charge is 0.469 e. The van der Waals surface area contributed by atoms with Gasteiger partial charge in [0.1, 0.15) is 0 Å². The first-order chi connectivity index (χ1) is 11.2. The molecule has 3 nitrogen and oxygen atoms in total. The number of aryl methyl sites for hydroxylation is 1.